The Morgan fingerprint density at radius 1 is 0.644 bits per heavy atom. The molecule has 0 N–H and O–H groups in total. The summed E-state index contributed by atoms with van der Waals surface area (Å²) >= 11 is 0. The minimum atomic E-state index is -4.41. The van der Waals surface area contributed by atoms with Crippen molar-refractivity contribution in [1.29, 1.82) is 0 Å². The molecule has 6 aromatic rings. The molecule has 2 aromatic carbocycles. The van der Waals surface area contributed by atoms with Gasteiger partial charge in [0.1, 0.15) is 22.4 Å². The van der Waals surface area contributed by atoms with Crippen molar-refractivity contribution in [2.75, 3.05) is 0 Å². The standard InChI is InChI=1S/C17H12F3N3O.C17H15N3O/c18-17(19,20)11-5-3-10(4-6-11)14-16(24)23(12-7-8-12)15-13(22-14)2-1-9-21-15;1-11-4-6-12(7-5-11)15-17(21)20(13-8-9-13)16-14(19-15)3-2-10-18-16/h1-6,9,12H,7-8H2;2-7,10,13H,8-9H2,1H3. The van der Waals surface area contributed by atoms with E-state index in [1.165, 1.54) is 17.7 Å². The summed E-state index contributed by atoms with van der Waals surface area (Å²) in [7, 11) is 0. The van der Waals surface area contributed by atoms with Gasteiger partial charge in [0.15, 0.2) is 11.3 Å². The van der Waals surface area contributed by atoms with Gasteiger partial charge in [0.25, 0.3) is 11.1 Å². The van der Waals surface area contributed by atoms with E-state index in [2.05, 4.69) is 19.9 Å². The number of aromatic nitrogens is 6. The lowest BCUT2D eigenvalue weighted by atomic mass is 10.1. The van der Waals surface area contributed by atoms with E-state index in [1.807, 2.05) is 47.9 Å². The Labute approximate surface area is 254 Å². The minimum Gasteiger partial charge on any atom is -0.286 e. The number of aryl methyl sites for hydroxylation is 1. The zero-order valence-corrected chi connectivity index (χ0v) is 24.2. The van der Waals surface area contributed by atoms with Crippen molar-refractivity contribution >= 4 is 22.3 Å². The Bertz CT molecular complexity index is 2170. The molecule has 0 unspecified atom stereocenters. The molecule has 2 aliphatic carbocycles. The van der Waals surface area contributed by atoms with E-state index in [4.69, 9.17) is 0 Å². The van der Waals surface area contributed by atoms with Crippen molar-refractivity contribution < 1.29 is 13.2 Å². The molecule has 0 amide bonds. The summed E-state index contributed by atoms with van der Waals surface area (Å²) in [6, 6.07) is 20.0. The number of rotatable bonds is 4. The Balaban J connectivity index is 0.000000146. The Morgan fingerprint density at radius 3 is 1.47 bits per heavy atom. The molecular formula is C34H27F3N6O2. The van der Waals surface area contributed by atoms with Crippen molar-refractivity contribution in [2.24, 2.45) is 0 Å². The van der Waals surface area contributed by atoms with Crippen LogP contribution in [0.4, 0.5) is 13.2 Å². The topological polar surface area (TPSA) is 95.6 Å². The zero-order valence-electron chi connectivity index (χ0n) is 24.2. The SMILES string of the molecule is Cc1ccc(-c2nc3cccnc3n(C3CC3)c2=O)cc1.O=c1c(-c2ccc(C(F)(F)F)cc2)nc2cccnc2n1C1CC1. The van der Waals surface area contributed by atoms with Crippen LogP contribution in [0.5, 0.6) is 0 Å². The van der Waals surface area contributed by atoms with Crippen LogP contribution >= 0.6 is 0 Å². The summed E-state index contributed by atoms with van der Waals surface area (Å²) in [5.74, 6) is 0. The first-order chi connectivity index (χ1) is 21.7. The van der Waals surface area contributed by atoms with Crippen LogP contribution in [0.25, 0.3) is 44.8 Å². The minimum absolute atomic E-state index is 0.0347. The lowest BCUT2D eigenvalue weighted by molar-refractivity contribution is -0.137. The fraction of sp³-hybridized carbons (Fsp3) is 0.235. The number of hydrogen-bond acceptors (Lipinski definition) is 6. The number of halogens is 3. The molecule has 0 atom stereocenters. The van der Waals surface area contributed by atoms with E-state index < -0.39 is 11.7 Å². The fourth-order valence-corrected chi connectivity index (χ4v) is 5.33. The van der Waals surface area contributed by atoms with Crippen molar-refractivity contribution in [3.05, 3.63) is 117 Å². The highest BCUT2D eigenvalue weighted by Crippen LogP contribution is 2.37. The normalized spacial score (nSPS) is 14.8. The molecule has 226 valence electrons. The summed E-state index contributed by atoms with van der Waals surface area (Å²) in [6.45, 7) is 2.03. The van der Waals surface area contributed by atoms with Crippen LogP contribution in [0.1, 0.15) is 48.9 Å². The predicted molar refractivity (Wildman–Crippen MR) is 165 cm³/mol. The smallest absolute Gasteiger partial charge is 0.286 e. The molecule has 45 heavy (non-hydrogen) atoms. The zero-order chi connectivity index (χ0) is 31.3. The van der Waals surface area contributed by atoms with Gasteiger partial charge in [-0.1, -0.05) is 42.0 Å². The maximum absolute atomic E-state index is 12.8. The first-order valence-electron chi connectivity index (χ1n) is 14.7. The van der Waals surface area contributed by atoms with Crippen LogP contribution in [0, 0.1) is 6.92 Å². The highest BCUT2D eigenvalue weighted by Gasteiger charge is 2.31. The third-order valence-electron chi connectivity index (χ3n) is 7.93. The predicted octanol–water partition coefficient (Wildman–Crippen LogP) is 6.91. The third-order valence-corrected chi connectivity index (χ3v) is 7.93. The van der Waals surface area contributed by atoms with E-state index in [9.17, 15) is 22.8 Å². The first kappa shape index (κ1) is 28.6. The van der Waals surface area contributed by atoms with E-state index in [0.717, 1.165) is 48.9 Å². The second-order valence-electron chi connectivity index (χ2n) is 11.4. The van der Waals surface area contributed by atoms with E-state index in [0.29, 0.717) is 28.1 Å². The molecule has 8 rings (SSSR count). The Kier molecular flexibility index (Phi) is 7.03. The fourth-order valence-electron chi connectivity index (χ4n) is 5.33. The monoisotopic (exact) mass is 608 g/mol. The first-order valence-corrected chi connectivity index (χ1v) is 14.7. The number of pyridine rings is 2. The maximum Gasteiger partial charge on any atom is 0.416 e. The Hall–Kier alpha value is -5.19. The Morgan fingerprint density at radius 2 is 1.07 bits per heavy atom. The van der Waals surface area contributed by atoms with Gasteiger partial charge in [0.05, 0.1) is 5.56 Å². The number of benzene rings is 2. The molecule has 0 saturated heterocycles. The molecule has 2 aliphatic rings. The van der Waals surface area contributed by atoms with Crippen LogP contribution in [0.3, 0.4) is 0 Å². The molecule has 4 heterocycles. The van der Waals surface area contributed by atoms with E-state index >= 15 is 0 Å². The second kappa shape index (κ2) is 11.1. The summed E-state index contributed by atoms with van der Waals surface area (Å²) in [5.41, 5.74) is 4.51. The van der Waals surface area contributed by atoms with Gasteiger partial charge in [0.2, 0.25) is 0 Å². The molecule has 0 spiro atoms. The van der Waals surface area contributed by atoms with Crippen molar-refractivity contribution in [1.82, 2.24) is 29.1 Å². The van der Waals surface area contributed by atoms with Gasteiger partial charge >= 0.3 is 6.18 Å². The average Bonchev–Trinajstić information content (AvgIpc) is 3.97. The molecule has 2 fully saturated rings. The van der Waals surface area contributed by atoms with E-state index in [1.54, 1.807) is 29.1 Å². The molecule has 11 heteroatoms. The van der Waals surface area contributed by atoms with Gasteiger partial charge in [-0.05, 0) is 69.0 Å². The maximum atomic E-state index is 12.8. The lowest BCUT2D eigenvalue weighted by Gasteiger charge is -2.11. The molecule has 2 saturated carbocycles. The summed E-state index contributed by atoms with van der Waals surface area (Å²) < 4.78 is 41.5. The summed E-state index contributed by atoms with van der Waals surface area (Å²) in [5, 5.41) is 0. The number of fused-ring (bicyclic) bond motifs is 2. The van der Waals surface area contributed by atoms with Gasteiger partial charge in [-0.2, -0.15) is 13.2 Å². The molecule has 0 aliphatic heterocycles. The second-order valence-corrected chi connectivity index (χ2v) is 11.4. The highest BCUT2D eigenvalue weighted by atomic mass is 19.4. The molecule has 0 radical (unpaired) electrons. The average molecular weight is 609 g/mol. The van der Waals surface area contributed by atoms with Gasteiger partial charge in [-0.25, -0.2) is 19.9 Å². The van der Waals surface area contributed by atoms with Gasteiger partial charge < -0.3 is 0 Å². The van der Waals surface area contributed by atoms with Gasteiger partial charge in [0, 0.05) is 35.6 Å². The van der Waals surface area contributed by atoms with Crippen molar-refractivity contribution in [3.63, 3.8) is 0 Å². The molecule has 0 bridgehead atoms. The van der Waals surface area contributed by atoms with Crippen LogP contribution < -0.4 is 11.1 Å². The van der Waals surface area contributed by atoms with Gasteiger partial charge in [-0.15, -0.1) is 0 Å². The van der Waals surface area contributed by atoms with Crippen LogP contribution in [0.2, 0.25) is 0 Å². The van der Waals surface area contributed by atoms with E-state index in [-0.39, 0.29) is 28.9 Å². The molecule has 4 aromatic heterocycles. The molecular weight excluding hydrogens is 581 g/mol. The summed E-state index contributed by atoms with van der Waals surface area (Å²) in [6.07, 6.45) is 2.78. The van der Waals surface area contributed by atoms with Crippen molar-refractivity contribution in [2.45, 2.75) is 50.9 Å². The molecule has 8 nitrogen and oxygen atoms in total. The van der Waals surface area contributed by atoms with Crippen molar-refractivity contribution in [3.8, 4) is 22.5 Å². The lowest BCUT2D eigenvalue weighted by Crippen LogP contribution is -2.23. The number of nitrogens with zero attached hydrogens (tertiary/aromatic N) is 6. The summed E-state index contributed by atoms with van der Waals surface area (Å²) in [4.78, 5) is 43.1. The van der Waals surface area contributed by atoms with Crippen LogP contribution in [-0.2, 0) is 6.18 Å². The van der Waals surface area contributed by atoms with Gasteiger partial charge in [-0.3, -0.25) is 18.7 Å². The highest BCUT2D eigenvalue weighted by molar-refractivity contribution is 5.75. The van der Waals surface area contributed by atoms with Crippen LogP contribution in [-0.4, -0.2) is 29.1 Å². The number of alkyl halides is 3. The third kappa shape index (κ3) is 5.61. The van der Waals surface area contributed by atoms with Crippen LogP contribution in [0.15, 0.2) is 94.8 Å². The quantitative estimate of drug-likeness (QED) is 0.216. The largest absolute Gasteiger partial charge is 0.416 e. The number of hydrogen-bond donors (Lipinski definition) is 0.